The Bertz CT molecular complexity index is 1200. The molecule has 2 heterocycles. The average Bonchev–Trinajstić information content (AvgIpc) is 3.32. The highest BCUT2D eigenvalue weighted by atomic mass is 35.5. The Kier molecular flexibility index (Phi) is 8.50. The molecule has 0 saturated carbocycles. The number of amides is 2. The molecule has 35 heavy (non-hydrogen) atoms. The van der Waals surface area contributed by atoms with Crippen LogP contribution < -0.4 is 0 Å². The van der Waals surface area contributed by atoms with Crippen LogP contribution >= 0.6 is 34.5 Å². The summed E-state index contributed by atoms with van der Waals surface area (Å²) in [6.07, 6.45) is 1.42. The normalized spacial score (nSPS) is 15.1. The van der Waals surface area contributed by atoms with Crippen molar-refractivity contribution in [3.8, 4) is 0 Å². The average molecular weight is 532 g/mol. The van der Waals surface area contributed by atoms with Gasteiger partial charge in [-0.3, -0.25) is 9.59 Å². The number of carbonyl (C=O) groups excluding carboxylic acids is 2. The van der Waals surface area contributed by atoms with E-state index in [2.05, 4.69) is 6.07 Å². The summed E-state index contributed by atoms with van der Waals surface area (Å²) in [5, 5.41) is 3.12. The number of hydrogen-bond donors (Lipinski definition) is 0. The molecule has 1 aromatic heterocycles. The highest BCUT2D eigenvalue weighted by molar-refractivity contribution is 7.10. The number of nitrogens with zero attached hydrogens (tertiary/aromatic N) is 2. The quantitative estimate of drug-likeness (QED) is 0.334. The van der Waals surface area contributed by atoms with Gasteiger partial charge in [0.15, 0.2) is 0 Å². The van der Waals surface area contributed by atoms with Gasteiger partial charge in [0.25, 0.3) is 5.91 Å². The molecule has 0 aliphatic carbocycles. The van der Waals surface area contributed by atoms with Crippen molar-refractivity contribution in [3.05, 3.63) is 91.1 Å². The van der Waals surface area contributed by atoms with Crippen LogP contribution in [0.3, 0.4) is 0 Å². The molecule has 0 fully saturated rings. The Morgan fingerprint density at radius 1 is 1.11 bits per heavy atom. The van der Waals surface area contributed by atoms with Crippen molar-refractivity contribution in [2.75, 3.05) is 33.4 Å². The van der Waals surface area contributed by atoms with E-state index in [1.54, 1.807) is 47.6 Å². The van der Waals surface area contributed by atoms with Gasteiger partial charge in [-0.25, -0.2) is 0 Å². The first-order valence-electron chi connectivity index (χ1n) is 11.5. The fraction of sp³-hybridized carbons (Fsp3) is 0.333. The lowest BCUT2D eigenvalue weighted by Crippen LogP contribution is -2.47. The van der Waals surface area contributed by atoms with Gasteiger partial charge in [-0.15, -0.1) is 11.3 Å². The molecule has 2 amide bonds. The molecule has 0 saturated heterocycles. The summed E-state index contributed by atoms with van der Waals surface area (Å²) in [6.45, 7) is 3.45. The third kappa shape index (κ3) is 5.89. The first-order valence-corrected chi connectivity index (χ1v) is 13.2. The molecule has 1 atom stereocenters. The summed E-state index contributed by atoms with van der Waals surface area (Å²) >= 11 is 14.4. The molecule has 1 unspecified atom stereocenters. The highest BCUT2D eigenvalue weighted by Gasteiger charge is 2.35. The Morgan fingerprint density at radius 3 is 2.60 bits per heavy atom. The fourth-order valence-electron chi connectivity index (χ4n) is 4.43. The van der Waals surface area contributed by atoms with Gasteiger partial charge in [0.2, 0.25) is 5.91 Å². The topological polar surface area (TPSA) is 49.9 Å². The van der Waals surface area contributed by atoms with E-state index in [-0.39, 0.29) is 24.4 Å². The van der Waals surface area contributed by atoms with Gasteiger partial charge in [-0.2, -0.15) is 0 Å². The van der Waals surface area contributed by atoms with Gasteiger partial charge in [0.1, 0.15) is 6.54 Å². The summed E-state index contributed by atoms with van der Waals surface area (Å²) in [5.74, 6) is -0.278. The Morgan fingerprint density at radius 2 is 1.89 bits per heavy atom. The molecule has 0 bridgehead atoms. The largest absolute Gasteiger partial charge is 0.385 e. The van der Waals surface area contributed by atoms with Crippen LogP contribution in [-0.2, 0) is 16.0 Å². The van der Waals surface area contributed by atoms with Crippen LogP contribution in [0.15, 0.2) is 53.9 Å². The lowest BCUT2D eigenvalue weighted by Gasteiger charge is -2.38. The van der Waals surface area contributed by atoms with Gasteiger partial charge >= 0.3 is 0 Å². The number of carbonyl (C=O) groups is 2. The zero-order chi connectivity index (χ0) is 24.9. The number of thiophene rings is 1. The van der Waals surface area contributed by atoms with Crippen molar-refractivity contribution >= 4 is 46.4 Å². The molecule has 0 spiro atoms. The van der Waals surface area contributed by atoms with E-state index < -0.39 is 0 Å². The third-order valence-electron chi connectivity index (χ3n) is 6.23. The first-order chi connectivity index (χ1) is 16.9. The monoisotopic (exact) mass is 530 g/mol. The zero-order valence-corrected chi connectivity index (χ0v) is 22.1. The Balaban J connectivity index is 1.62. The molecule has 1 aliphatic rings. The minimum Gasteiger partial charge on any atom is -0.385 e. The Labute approximate surface area is 220 Å². The molecule has 4 rings (SSSR count). The van der Waals surface area contributed by atoms with Crippen molar-refractivity contribution < 1.29 is 14.3 Å². The van der Waals surface area contributed by atoms with Crippen LogP contribution in [0.5, 0.6) is 0 Å². The van der Waals surface area contributed by atoms with Crippen LogP contribution in [0.1, 0.15) is 44.4 Å². The fourth-order valence-corrected chi connectivity index (χ4v) is 5.84. The van der Waals surface area contributed by atoms with Gasteiger partial charge in [0.05, 0.1) is 6.04 Å². The standard InChI is InChI=1S/C27H28Cl2N2O3S/c1-18-4-6-19(7-5-18)27(33)30(12-3-14-34-2)17-25(32)31-13-10-24-22(11-15-35-24)26(31)21-9-8-20(28)16-23(21)29/h4-9,11,15-16,26H,3,10,12-14,17H2,1-2H3. The van der Waals surface area contributed by atoms with Crippen molar-refractivity contribution in [2.24, 2.45) is 0 Å². The minimum atomic E-state index is -0.322. The number of fused-ring (bicyclic) bond motifs is 1. The molecule has 0 radical (unpaired) electrons. The maximum atomic E-state index is 13.8. The van der Waals surface area contributed by atoms with Gasteiger partial charge in [-0.1, -0.05) is 47.0 Å². The number of benzene rings is 2. The maximum Gasteiger partial charge on any atom is 0.254 e. The molecule has 184 valence electrons. The Hall–Kier alpha value is -2.38. The summed E-state index contributed by atoms with van der Waals surface area (Å²) in [7, 11) is 1.63. The smallest absolute Gasteiger partial charge is 0.254 e. The van der Waals surface area contributed by atoms with E-state index in [1.165, 1.54) is 4.88 Å². The van der Waals surface area contributed by atoms with E-state index >= 15 is 0 Å². The van der Waals surface area contributed by atoms with Crippen LogP contribution in [0, 0.1) is 6.92 Å². The van der Waals surface area contributed by atoms with E-state index in [0.717, 1.165) is 23.1 Å². The number of methoxy groups -OCH3 is 1. The molecule has 3 aromatic rings. The first kappa shape index (κ1) is 25.7. The van der Waals surface area contributed by atoms with Gasteiger partial charge < -0.3 is 14.5 Å². The molecule has 5 nitrogen and oxygen atoms in total. The zero-order valence-electron chi connectivity index (χ0n) is 19.8. The number of ether oxygens (including phenoxy) is 1. The number of hydrogen-bond acceptors (Lipinski definition) is 4. The molecule has 8 heteroatoms. The van der Waals surface area contributed by atoms with Crippen molar-refractivity contribution in [2.45, 2.75) is 25.8 Å². The predicted molar refractivity (Wildman–Crippen MR) is 142 cm³/mol. The highest BCUT2D eigenvalue weighted by Crippen LogP contribution is 2.41. The lowest BCUT2D eigenvalue weighted by molar-refractivity contribution is -0.134. The van der Waals surface area contributed by atoms with E-state index in [0.29, 0.717) is 41.7 Å². The molecule has 0 N–H and O–H groups in total. The summed E-state index contributed by atoms with van der Waals surface area (Å²) in [6, 6.07) is 14.6. The molecule has 1 aliphatic heterocycles. The number of aryl methyl sites for hydroxylation is 1. The van der Waals surface area contributed by atoms with Crippen molar-refractivity contribution in [1.29, 1.82) is 0 Å². The molecule has 2 aromatic carbocycles. The van der Waals surface area contributed by atoms with E-state index in [4.69, 9.17) is 27.9 Å². The molecular weight excluding hydrogens is 503 g/mol. The van der Waals surface area contributed by atoms with Gasteiger partial charge in [0, 0.05) is 47.3 Å². The second-order valence-electron chi connectivity index (χ2n) is 8.64. The molecular formula is C27H28Cl2N2O3S. The lowest BCUT2D eigenvalue weighted by atomic mass is 9.93. The maximum absolute atomic E-state index is 13.8. The van der Waals surface area contributed by atoms with Crippen LogP contribution in [0.4, 0.5) is 0 Å². The summed E-state index contributed by atoms with van der Waals surface area (Å²) < 4.78 is 5.19. The van der Waals surface area contributed by atoms with Crippen LogP contribution in [-0.4, -0.2) is 55.0 Å². The number of halogens is 2. The van der Waals surface area contributed by atoms with Gasteiger partial charge in [-0.05, 0) is 66.6 Å². The van der Waals surface area contributed by atoms with E-state index in [9.17, 15) is 9.59 Å². The summed E-state index contributed by atoms with van der Waals surface area (Å²) in [4.78, 5) is 31.8. The third-order valence-corrected chi connectivity index (χ3v) is 7.79. The second-order valence-corrected chi connectivity index (χ2v) is 10.5. The van der Waals surface area contributed by atoms with Crippen LogP contribution in [0.2, 0.25) is 10.0 Å². The SMILES string of the molecule is COCCCN(CC(=O)N1CCc2sccc2C1c1ccc(Cl)cc1Cl)C(=O)c1ccc(C)cc1. The van der Waals surface area contributed by atoms with E-state index in [1.807, 2.05) is 35.4 Å². The number of rotatable bonds is 8. The van der Waals surface area contributed by atoms with Crippen molar-refractivity contribution in [3.63, 3.8) is 0 Å². The summed E-state index contributed by atoms with van der Waals surface area (Å²) in [5.41, 5.74) is 3.55. The predicted octanol–water partition coefficient (Wildman–Crippen LogP) is 6.02. The van der Waals surface area contributed by atoms with Crippen LogP contribution in [0.25, 0.3) is 0 Å². The van der Waals surface area contributed by atoms with Crippen molar-refractivity contribution in [1.82, 2.24) is 9.80 Å². The second kappa shape index (κ2) is 11.6. The minimum absolute atomic E-state index is 0.0163.